The van der Waals surface area contributed by atoms with Crippen molar-refractivity contribution < 1.29 is 21.9 Å². The predicted molar refractivity (Wildman–Crippen MR) is 101 cm³/mol. The van der Waals surface area contributed by atoms with E-state index < -0.39 is 30.2 Å². The molecular weight excluding hydrogens is 372 g/mol. The van der Waals surface area contributed by atoms with Gasteiger partial charge in [0.1, 0.15) is 0 Å². The van der Waals surface area contributed by atoms with Crippen molar-refractivity contribution in [2.45, 2.75) is 34.6 Å². The van der Waals surface area contributed by atoms with Gasteiger partial charge < -0.3 is 5.11 Å². The average molecular weight is 397 g/mol. The first kappa shape index (κ1) is 20.6. The maximum absolute atomic E-state index is 13.2. The first-order valence-electron chi connectivity index (χ1n) is 8.40. The zero-order chi connectivity index (χ0) is 19.4. The largest absolute Gasteiger partial charge is 0.396 e. The van der Waals surface area contributed by atoms with Crippen LogP contribution in [0.3, 0.4) is 0 Å². The molecule has 0 unspecified atom stereocenters. The first-order chi connectivity index (χ1) is 12.2. The van der Waals surface area contributed by atoms with Gasteiger partial charge in [0.05, 0.1) is 9.79 Å². The summed E-state index contributed by atoms with van der Waals surface area (Å²) in [6.07, 6.45) is -0.164. The standard InChI is InChI=1S/C19H24O5S2/c1-15(2)16(14-20)13-19(25(21,22)17-9-5-3-6-10-17)26(23,24)18-11-7-4-8-12-18/h3-12,15-16,19-20H,13-14H2,1-2H3/t16-/m1/s1. The summed E-state index contributed by atoms with van der Waals surface area (Å²) in [5, 5.41) is 9.63. The molecule has 0 saturated heterocycles. The summed E-state index contributed by atoms with van der Waals surface area (Å²) in [6, 6.07) is 15.2. The molecule has 1 N–H and O–H groups in total. The van der Waals surface area contributed by atoms with Crippen LogP contribution in [0.25, 0.3) is 0 Å². The van der Waals surface area contributed by atoms with Gasteiger partial charge >= 0.3 is 0 Å². The Morgan fingerprint density at radius 2 is 1.15 bits per heavy atom. The highest BCUT2D eigenvalue weighted by molar-refractivity contribution is 8.09. The minimum atomic E-state index is -4.14. The number of hydrogen-bond acceptors (Lipinski definition) is 5. The lowest BCUT2D eigenvalue weighted by Crippen LogP contribution is -2.35. The van der Waals surface area contributed by atoms with Crippen molar-refractivity contribution in [3.8, 4) is 0 Å². The van der Waals surface area contributed by atoms with Crippen molar-refractivity contribution in [2.75, 3.05) is 6.61 Å². The van der Waals surface area contributed by atoms with Gasteiger partial charge in [-0.15, -0.1) is 0 Å². The monoisotopic (exact) mass is 396 g/mol. The molecule has 0 aliphatic rings. The van der Waals surface area contributed by atoms with E-state index in [0.717, 1.165) is 0 Å². The summed E-state index contributed by atoms with van der Waals surface area (Å²) in [4.78, 5) is -0.0742. The molecule has 0 saturated carbocycles. The average Bonchev–Trinajstić information content (AvgIpc) is 2.63. The lowest BCUT2D eigenvalue weighted by molar-refractivity contribution is 0.184. The molecule has 2 aromatic rings. The fourth-order valence-corrected chi connectivity index (χ4v) is 7.43. The number of hydrogen-bond donors (Lipinski definition) is 1. The SMILES string of the molecule is CC(C)[C@@H](CO)CC(S(=O)(=O)c1ccccc1)S(=O)(=O)c1ccccc1. The van der Waals surface area contributed by atoms with Crippen LogP contribution in [-0.4, -0.2) is 33.1 Å². The lowest BCUT2D eigenvalue weighted by Gasteiger charge is -2.25. The zero-order valence-corrected chi connectivity index (χ0v) is 16.4. The van der Waals surface area contributed by atoms with Crippen LogP contribution in [0.2, 0.25) is 0 Å². The maximum Gasteiger partial charge on any atom is 0.195 e. The van der Waals surface area contributed by atoms with Gasteiger partial charge in [0.25, 0.3) is 0 Å². The van der Waals surface area contributed by atoms with Gasteiger partial charge in [0, 0.05) is 6.61 Å². The van der Waals surface area contributed by atoms with E-state index in [0.29, 0.717) is 0 Å². The highest BCUT2D eigenvalue weighted by Crippen LogP contribution is 2.32. The van der Waals surface area contributed by atoms with Gasteiger partial charge in [0.2, 0.25) is 0 Å². The molecule has 1 atom stereocenters. The van der Waals surface area contributed by atoms with E-state index in [-0.39, 0.29) is 28.7 Å². The molecule has 0 radical (unpaired) electrons. The minimum Gasteiger partial charge on any atom is -0.396 e. The van der Waals surface area contributed by atoms with Gasteiger partial charge in [-0.05, 0) is 42.5 Å². The van der Waals surface area contributed by atoms with Crippen molar-refractivity contribution >= 4 is 19.7 Å². The topological polar surface area (TPSA) is 88.5 Å². The summed E-state index contributed by atoms with van der Waals surface area (Å²) in [5.41, 5.74) is 0. The molecule has 142 valence electrons. The fourth-order valence-electron chi connectivity index (χ4n) is 2.75. The van der Waals surface area contributed by atoms with Crippen molar-refractivity contribution in [3.63, 3.8) is 0 Å². The smallest absolute Gasteiger partial charge is 0.195 e. The third kappa shape index (κ3) is 4.34. The summed E-state index contributed by atoms with van der Waals surface area (Å²) in [6.45, 7) is 3.40. The molecule has 0 heterocycles. The molecule has 0 aromatic heterocycles. The van der Waals surface area contributed by atoms with Gasteiger partial charge in [-0.25, -0.2) is 16.8 Å². The number of aliphatic hydroxyl groups is 1. The van der Waals surface area contributed by atoms with E-state index in [1.807, 2.05) is 13.8 Å². The van der Waals surface area contributed by atoms with Crippen molar-refractivity contribution in [1.82, 2.24) is 0 Å². The zero-order valence-electron chi connectivity index (χ0n) is 14.8. The van der Waals surface area contributed by atoms with E-state index in [4.69, 9.17) is 0 Å². The quantitative estimate of drug-likeness (QED) is 0.741. The summed E-state index contributed by atoms with van der Waals surface area (Å²) in [5.74, 6) is -0.503. The Bertz CT molecular complexity index is 835. The Hall–Kier alpha value is -1.70. The van der Waals surface area contributed by atoms with Gasteiger partial charge in [-0.1, -0.05) is 50.2 Å². The molecule has 5 nitrogen and oxygen atoms in total. The molecule has 2 rings (SSSR count). The Morgan fingerprint density at radius 3 is 1.46 bits per heavy atom. The van der Waals surface area contributed by atoms with Crippen LogP contribution in [0.5, 0.6) is 0 Å². The Morgan fingerprint density at radius 1 is 0.769 bits per heavy atom. The Labute approximate surface area is 155 Å². The molecule has 0 aliphatic heterocycles. The molecule has 0 aliphatic carbocycles. The van der Waals surface area contributed by atoms with Crippen LogP contribution in [0.1, 0.15) is 20.3 Å². The van der Waals surface area contributed by atoms with Crippen LogP contribution in [-0.2, 0) is 19.7 Å². The van der Waals surface area contributed by atoms with Crippen LogP contribution in [0.4, 0.5) is 0 Å². The predicted octanol–water partition coefficient (Wildman–Crippen LogP) is 2.91. The maximum atomic E-state index is 13.2. The molecule has 26 heavy (non-hydrogen) atoms. The van der Waals surface area contributed by atoms with Crippen molar-refractivity contribution in [3.05, 3.63) is 60.7 Å². The Kier molecular flexibility index (Phi) is 6.60. The highest BCUT2D eigenvalue weighted by atomic mass is 32.3. The number of sulfone groups is 2. The van der Waals surface area contributed by atoms with E-state index >= 15 is 0 Å². The van der Waals surface area contributed by atoms with Gasteiger partial charge in [-0.3, -0.25) is 0 Å². The number of rotatable bonds is 8. The van der Waals surface area contributed by atoms with Crippen LogP contribution >= 0.6 is 0 Å². The summed E-state index contributed by atoms with van der Waals surface area (Å²) in [7, 11) is -8.29. The van der Waals surface area contributed by atoms with E-state index in [1.54, 1.807) is 36.4 Å². The van der Waals surface area contributed by atoms with E-state index in [1.165, 1.54) is 24.3 Å². The van der Waals surface area contributed by atoms with Crippen molar-refractivity contribution in [1.29, 1.82) is 0 Å². The van der Waals surface area contributed by atoms with Crippen molar-refractivity contribution in [2.24, 2.45) is 11.8 Å². The second-order valence-electron chi connectivity index (χ2n) is 6.57. The lowest BCUT2D eigenvalue weighted by atomic mass is 9.94. The molecular formula is C19H24O5S2. The van der Waals surface area contributed by atoms with Gasteiger partial charge in [0.15, 0.2) is 24.3 Å². The van der Waals surface area contributed by atoms with Crippen LogP contribution in [0, 0.1) is 11.8 Å². The molecule has 0 fully saturated rings. The fraction of sp³-hybridized carbons (Fsp3) is 0.368. The molecule has 7 heteroatoms. The molecule has 0 spiro atoms. The molecule has 2 aromatic carbocycles. The third-order valence-electron chi connectivity index (χ3n) is 4.51. The van der Waals surface area contributed by atoms with Gasteiger partial charge in [-0.2, -0.15) is 0 Å². The third-order valence-corrected chi connectivity index (χ3v) is 9.66. The van der Waals surface area contributed by atoms with Crippen LogP contribution < -0.4 is 0 Å². The summed E-state index contributed by atoms with van der Waals surface area (Å²) >= 11 is 0. The second-order valence-corrected chi connectivity index (χ2v) is 11.1. The normalized spacial score (nSPS) is 13.9. The molecule has 0 bridgehead atoms. The number of benzene rings is 2. The number of aliphatic hydroxyl groups excluding tert-OH is 1. The molecule has 0 amide bonds. The van der Waals surface area contributed by atoms with E-state index in [9.17, 15) is 21.9 Å². The highest BCUT2D eigenvalue weighted by Gasteiger charge is 2.41. The van der Waals surface area contributed by atoms with E-state index in [2.05, 4.69) is 0 Å². The second kappa shape index (κ2) is 8.33. The Balaban J connectivity index is 2.60. The minimum absolute atomic E-state index is 0.0371. The van der Waals surface area contributed by atoms with Crippen LogP contribution in [0.15, 0.2) is 70.5 Å². The first-order valence-corrected chi connectivity index (χ1v) is 11.5. The summed E-state index contributed by atoms with van der Waals surface area (Å²) < 4.78 is 51.0.